The van der Waals surface area contributed by atoms with Crippen molar-refractivity contribution in [3.05, 3.63) is 34.6 Å². The molecule has 1 aliphatic carbocycles. The predicted octanol–water partition coefficient (Wildman–Crippen LogP) is 3.17. The van der Waals surface area contributed by atoms with Gasteiger partial charge in [-0.15, -0.1) is 0 Å². The minimum atomic E-state index is -0.892. The Bertz CT molecular complexity index is 544. The molecular weight excluding hydrogens is 309 g/mol. The number of carboxylic acids is 1. The van der Waals surface area contributed by atoms with Crippen molar-refractivity contribution in [2.45, 2.75) is 44.6 Å². The van der Waals surface area contributed by atoms with Gasteiger partial charge in [0.1, 0.15) is 5.82 Å². The number of hydrogen-bond donors (Lipinski definition) is 2. The molecule has 4 nitrogen and oxygen atoms in total. The van der Waals surface area contributed by atoms with Crippen molar-refractivity contribution in [3.63, 3.8) is 0 Å². The van der Waals surface area contributed by atoms with E-state index in [0.29, 0.717) is 12.8 Å². The molecule has 1 fully saturated rings. The summed E-state index contributed by atoms with van der Waals surface area (Å²) in [4.78, 5) is 23.5. The molecule has 0 radical (unpaired) electrons. The normalized spacial score (nSPS) is 21.9. The molecule has 2 atom stereocenters. The van der Waals surface area contributed by atoms with E-state index >= 15 is 0 Å². The van der Waals surface area contributed by atoms with Crippen molar-refractivity contribution in [2.24, 2.45) is 5.92 Å². The van der Waals surface area contributed by atoms with Crippen LogP contribution in [0.5, 0.6) is 0 Å². The van der Waals surface area contributed by atoms with E-state index < -0.39 is 29.7 Å². The van der Waals surface area contributed by atoms with Crippen LogP contribution in [-0.2, 0) is 16.0 Å². The highest BCUT2D eigenvalue weighted by Gasteiger charge is 2.30. The molecule has 120 valence electrons. The third kappa shape index (κ3) is 4.19. The van der Waals surface area contributed by atoms with Gasteiger partial charge in [0.25, 0.3) is 0 Å². The Hall–Kier alpha value is -1.62. The summed E-state index contributed by atoms with van der Waals surface area (Å²) in [5, 5.41) is 12.2. The molecule has 0 aromatic heterocycles. The van der Waals surface area contributed by atoms with E-state index in [0.717, 1.165) is 19.3 Å². The standard InChI is InChI=1S/C16H19ClFNO3/c17-12-6-4-7-13(18)11(12)9-15(20)19-14-8-3-1-2-5-10(14)16(21)22/h4,6-7,10,14H,1-3,5,8-9H2,(H,19,20)(H,21,22)/t10-,14+/m1/s1. The summed E-state index contributed by atoms with van der Waals surface area (Å²) < 4.78 is 13.7. The van der Waals surface area contributed by atoms with E-state index in [4.69, 9.17) is 11.6 Å². The minimum Gasteiger partial charge on any atom is -0.481 e. The summed E-state index contributed by atoms with van der Waals surface area (Å²) >= 11 is 5.91. The summed E-state index contributed by atoms with van der Waals surface area (Å²) in [7, 11) is 0. The quantitative estimate of drug-likeness (QED) is 0.835. The van der Waals surface area contributed by atoms with Crippen molar-refractivity contribution < 1.29 is 19.1 Å². The van der Waals surface area contributed by atoms with Gasteiger partial charge >= 0.3 is 5.97 Å². The summed E-state index contributed by atoms with van der Waals surface area (Å²) in [6.07, 6.45) is 3.70. The number of benzene rings is 1. The summed E-state index contributed by atoms with van der Waals surface area (Å²) in [5.41, 5.74) is 0.141. The fraction of sp³-hybridized carbons (Fsp3) is 0.500. The van der Waals surface area contributed by atoms with Crippen LogP contribution in [0, 0.1) is 11.7 Å². The van der Waals surface area contributed by atoms with Gasteiger partial charge in [-0.3, -0.25) is 9.59 Å². The van der Waals surface area contributed by atoms with Gasteiger partial charge in [-0.2, -0.15) is 0 Å². The second-order valence-electron chi connectivity index (χ2n) is 5.63. The van der Waals surface area contributed by atoms with Crippen LogP contribution < -0.4 is 5.32 Å². The molecule has 1 aliphatic rings. The van der Waals surface area contributed by atoms with Gasteiger partial charge in [0.2, 0.25) is 5.91 Å². The average Bonchev–Trinajstić information content (AvgIpc) is 2.68. The van der Waals surface area contributed by atoms with E-state index in [2.05, 4.69) is 5.32 Å². The van der Waals surface area contributed by atoms with Crippen LogP contribution in [0.4, 0.5) is 4.39 Å². The van der Waals surface area contributed by atoms with Crippen LogP contribution in [0.25, 0.3) is 0 Å². The van der Waals surface area contributed by atoms with Crippen LogP contribution in [0.3, 0.4) is 0 Å². The van der Waals surface area contributed by atoms with Crippen LogP contribution in [0.1, 0.15) is 37.7 Å². The van der Waals surface area contributed by atoms with E-state index in [1.54, 1.807) is 0 Å². The van der Waals surface area contributed by atoms with Gasteiger partial charge in [0.05, 0.1) is 12.3 Å². The first-order valence-corrected chi connectivity index (χ1v) is 7.82. The number of nitrogens with one attached hydrogen (secondary N) is 1. The Morgan fingerprint density at radius 3 is 2.68 bits per heavy atom. The fourth-order valence-corrected chi connectivity index (χ4v) is 3.13. The van der Waals surface area contributed by atoms with Gasteiger partial charge in [-0.1, -0.05) is 36.9 Å². The lowest BCUT2D eigenvalue weighted by Crippen LogP contribution is -2.43. The molecule has 1 amide bonds. The minimum absolute atomic E-state index is 0.141. The second-order valence-corrected chi connectivity index (χ2v) is 6.04. The number of carbonyl (C=O) groups excluding carboxylic acids is 1. The van der Waals surface area contributed by atoms with Crippen LogP contribution in [-0.4, -0.2) is 23.0 Å². The maximum absolute atomic E-state index is 13.7. The molecule has 1 aromatic rings. The fourth-order valence-electron chi connectivity index (χ4n) is 2.90. The Balaban J connectivity index is 2.05. The predicted molar refractivity (Wildman–Crippen MR) is 81.3 cm³/mol. The van der Waals surface area contributed by atoms with Crippen molar-refractivity contribution in [2.75, 3.05) is 0 Å². The first kappa shape index (κ1) is 16.7. The van der Waals surface area contributed by atoms with Crippen molar-refractivity contribution >= 4 is 23.5 Å². The molecule has 0 unspecified atom stereocenters. The van der Waals surface area contributed by atoms with Crippen LogP contribution in [0.2, 0.25) is 5.02 Å². The lowest BCUT2D eigenvalue weighted by atomic mass is 9.94. The maximum Gasteiger partial charge on any atom is 0.308 e. The molecule has 0 heterocycles. The molecule has 1 aromatic carbocycles. The molecule has 22 heavy (non-hydrogen) atoms. The maximum atomic E-state index is 13.7. The van der Waals surface area contributed by atoms with Crippen molar-refractivity contribution in [1.82, 2.24) is 5.32 Å². The smallest absolute Gasteiger partial charge is 0.308 e. The SMILES string of the molecule is O=C(Cc1c(F)cccc1Cl)N[C@H]1CCCCC[C@H]1C(=O)O. The van der Waals surface area contributed by atoms with E-state index in [-0.39, 0.29) is 17.0 Å². The van der Waals surface area contributed by atoms with Crippen molar-refractivity contribution in [1.29, 1.82) is 0 Å². The van der Waals surface area contributed by atoms with Crippen molar-refractivity contribution in [3.8, 4) is 0 Å². The Kier molecular flexibility index (Phi) is 5.77. The van der Waals surface area contributed by atoms with Gasteiger partial charge in [0.15, 0.2) is 0 Å². The molecule has 0 saturated heterocycles. The first-order chi connectivity index (χ1) is 10.5. The molecule has 0 bridgehead atoms. The highest BCUT2D eigenvalue weighted by molar-refractivity contribution is 6.31. The number of carbonyl (C=O) groups is 2. The number of halogens is 2. The number of hydrogen-bond acceptors (Lipinski definition) is 2. The Morgan fingerprint density at radius 2 is 2.00 bits per heavy atom. The van der Waals surface area contributed by atoms with Gasteiger partial charge < -0.3 is 10.4 Å². The number of rotatable bonds is 4. The monoisotopic (exact) mass is 327 g/mol. The van der Waals surface area contributed by atoms with E-state index in [9.17, 15) is 19.1 Å². The van der Waals surface area contributed by atoms with Gasteiger partial charge in [-0.25, -0.2) is 4.39 Å². The van der Waals surface area contributed by atoms with Crippen LogP contribution >= 0.6 is 11.6 Å². The van der Waals surface area contributed by atoms with E-state index in [1.165, 1.54) is 18.2 Å². The zero-order valence-electron chi connectivity index (χ0n) is 12.1. The number of amides is 1. The average molecular weight is 328 g/mol. The summed E-state index contributed by atoms with van der Waals surface area (Å²) in [6, 6.07) is 3.85. The third-order valence-electron chi connectivity index (χ3n) is 4.08. The number of carboxylic acid groups (broad SMARTS) is 1. The highest BCUT2D eigenvalue weighted by atomic mass is 35.5. The summed E-state index contributed by atoms with van der Waals surface area (Å²) in [6.45, 7) is 0. The molecule has 2 rings (SSSR count). The number of aliphatic carboxylic acids is 1. The van der Waals surface area contributed by atoms with Crippen LogP contribution in [0.15, 0.2) is 18.2 Å². The second kappa shape index (κ2) is 7.58. The van der Waals surface area contributed by atoms with Gasteiger partial charge in [-0.05, 0) is 25.0 Å². The molecule has 6 heteroatoms. The zero-order chi connectivity index (χ0) is 16.1. The zero-order valence-corrected chi connectivity index (χ0v) is 12.9. The third-order valence-corrected chi connectivity index (χ3v) is 4.43. The Labute approximate surface area is 133 Å². The molecule has 1 saturated carbocycles. The highest BCUT2D eigenvalue weighted by Crippen LogP contribution is 2.24. The molecule has 0 aliphatic heterocycles. The first-order valence-electron chi connectivity index (χ1n) is 7.44. The molecular formula is C16H19ClFNO3. The molecule has 0 spiro atoms. The lowest BCUT2D eigenvalue weighted by Gasteiger charge is -2.23. The Morgan fingerprint density at radius 1 is 1.27 bits per heavy atom. The van der Waals surface area contributed by atoms with Gasteiger partial charge in [0, 0.05) is 16.6 Å². The summed E-state index contributed by atoms with van der Waals surface area (Å²) in [5.74, 6) is -2.40. The lowest BCUT2D eigenvalue weighted by molar-refractivity contribution is -0.143. The topological polar surface area (TPSA) is 66.4 Å². The largest absolute Gasteiger partial charge is 0.481 e. The van der Waals surface area contributed by atoms with E-state index in [1.807, 2.05) is 0 Å². The molecule has 2 N–H and O–H groups in total.